The predicted octanol–water partition coefficient (Wildman–Crippen LogP) is 0.752. The highest BCUT2D eigenvalue weighted by Crippen LogP contribution is 2.19. The van der Waals surface area contributed by atoms with Crippen LogP contribution >= 0.6 is 11.6 Å². The number of amides is 1. The second kappa shape index (κ2) is 6.23. The zero-order chi connectivity index (χ0) is 13.7. The SMILES string of the molecule is COCC(NC(=O)c1ccc(Cl)c(N)c1)C(=O)O. The van der Waals surface area contributed by atoms with E-state index >= 15 is 0 Å². The summed E-state index contributed by atoms with van der Waals surface area (Å²) >= 11 is 5.72. The van der Waals surface area contributed by atoms with E-state index in [4.69, 9.17) is 27.2 Å². The third-order valence-corrected chi connectivity index (χ3v) is 2.54. The van der Waals surface area contributed by atoms with Crippen molar-refractivity contribution in [3.63, 3.8) is 0 Å². The van der Waals surface area contributed by atoms with Crippen LogP contribution in [0.1, 0.15) is 10.4 Å². The van der Waals surface area contributed by atoms with Gasteiger partial charge < -0.3 is 20.9 Å². The van der Waals surface area contributed by atoms with E-state index in [0.717, 1.165) is 0 Å². The molecule has 0 aliphatic carbocycles. The number of hydrogen-bond acceptors (Lipinski definition) is 4. The summed E-state index contributed by atoms with van der Waals surface area (Å²) in [7, 11) is 1.35. The van der Waals surface area contributed by atoms with Gasteiger partial charge in [0.15, 0.2) is 6.04 Å². The van der Waals surface area contributed by atoms with E-state index in [1.807, 2.05) is 0 Å². The molecule has 7 heteroatoms. The summed E-state index contributed by atoms with van der Waals surface area (Å²) in [6.07, 6.45) is 0. The van der Waals surface area contributed by atoms with Crippen molar-refractivity contribution in [2.75, 3.05) is 19.5 Å². The summed E-state index contributed by atoms with van der Waals surface area (Å²) in [5.74, 6) is -1.73. The molecule has 4 N–H and O–H groups in total. The monoisotopic (exact) mass is 272 g/mol. The lowest BCUT2D eigenvalue weighted by molar-refractivity contribution is -0.140. The lowest BCUT2D eigenvalue weighted by Gasteiger charge is -2.13. The molecule has 0 spiro atoms. The standard InChI is InChI=1S/C11H13ClN2O4/c1-18-5-9(11(16)17)14-10(15)6-2-3-7(12)8(13)4-6/h2-4,9H,5,13H2,1H3,(H,14,15)(H,16,17). The highest BCUT2D eigenvalue weighted by Gasteiger charge is 2.20. The Kier molecular flexibility index (Phi) is 4.94. The van der Waals surface area contributed by atoms with Gasteiger partial charge in [0, 0.05) is 12.7 Å². The number of benzene rings is 1. The Balaban J connectivity index is 2.80. The summed E-state index contributed by atoms with van der Waals surface area (Å²) in [6.45, 7) is -0.121. The van der Waals surface area contributed by atoms with Crippen molar-refractivity contribution in [1.82, 2.24) is 5.32 Å². The molecule has 1 amide bonds. The third kappa shape index (κ3) is 3.61. The van der Waals surface area contributed by atoms with Gasteiger partial charge in [-0.25, -0.2) is 4.79 Å². The average molecular weight is 273 g/mol. The number of nitrogens with two attached hydrogens (primary N) is 1. The highest BCUT2D eigenvalue weighted by atomic mass is 35.5. The van der Waals surface area contributed by atoms with Crippen LogP contribution in [0.25, 0.3) is 0 Å². The minimum absolute atomic E-state index is 0.121. The van der Waals surface area contributed by atoms with Gasteiger partial charge in [-0.05, 0) is 18.2 Å². The van der Waals surface area contributed by atoms with Crippen molar-refractivity contribution >= 4 is 29.2 Å². The number of nitrogens with one attached hydrogen (secondary N) is 1. The van der Waals surface area contributed by atoms with Crippen LogP contribution in [0.4, 0.5) is 5.69 Å². The number of nitrogen functional groups attached to an aromatic ring is 1. The summed E-state index contributed by atoms with van der Waals surface area (Å²) in [4.78, 5) is 22.6. The van der Waals surface area contributed by atoms with E-state index in [1.54, 1.807) is 0 Å². The molecule has 1 aromatic carbocycles. The molecule has 18 heavy (non-hydrogen) atoms. The fraction of sp³-hybridized carbons (Fsp3) is 0.273. The molecule has 1 atom stereocenters. The minimum Gasteiger partial charge on any atom is -0.480 e. The van der Waals surface area contributed by atoms with Crippen LogP contribution in [0.5, 0.6) is 0 Å². The first-order valence-corrected chi connectivity index (χ1v) is 5.41. The smallest absolute Gasteiger partial charge is 0.328 e. The van der Waals surface area contributed by atoms with E-state index in [2.05, 4.69) is 5.32 Å². The predicted molar refractivity (Wildman–Crippen MR) is 66.6 cm³/mol. The maximum Gasteiger partial charge on any atom is 0.328 e. The molecule has 0 heterocycles. The van der Waals surface area contributed by atoms with Crippen LogP contribution in [0.15, 0.2) is 18.2 Å². The zero-order valence-corrected chi connectivity index (χ0v) is 10.4. The number of aliphatic carboxylic acids is 1. The van der Waals surface area contributed by atoms with E-state index in [-0.39, 0.29) is 17.9 Å². The Labute approximate surface area is 109 Å². The van der Waals surface area contributed by atoms with Crippen LogP contribution in [0, 0.1) is 0 Å². The summed E-state index contributed by atoms with van der Waals surface area (Å²) in [6, 6.07) is 3.19. The van der Waals surface area contributed by atoms with Gasteiger partial charge >= 0.3 is 5.97 Å². The number of rotatable bonds is 5. The van der Waals surface area contributed by atoms with Crippen LogP contribution in [0.2, 0.25) is 5.02 Å². The molecule has 0 fully saturated rings. The lowest BCUT2D eigenvalue weighted by atomic mass is 10.1. The molecule has 0 aromatic heterocycles. The fourth-order valence-electron chi connectivity index (χ4n) is 1.27. The Morgan fingerprint density at radius 3 is 2.72 bits per heavy atom. The Bertz CT molecular complexity index is 464. The Morgan fingerprint density at radius 1 is 1.56 bits per heavy atom. The first kappa shape index (κ1) is 14.3. The average Bonchev–Trinajstić information content (AvgIpc) is 2.31. The molecule has 0 saturated carbocycles. The van der Waals surface area contributed by atoms with Crippen LogP contribution in [-0.2, 0) is 9.53 Å². The molecule has 98 valence electrons. The van der Waals surface area contributed by atoms with E-state index in [9.17, 15) is 9.59 Å². The van der Waals surface area contributed by atoms with Gasteiger partial charge in [-0.15, -0.1) is 0 Å². The maximum absolute atomic E-state index is 11.8. The second-order valence-corrected chi connectivity index (χ2v) is 3.96. The molecule has 6 nitrogen and oxygen atoms in total. The number of anilines is 1. The number of halogens is 1. The summed E-state index contributed by atoms with van der Waals surface area (Å²) in [5, 5.41) is 11.5. The molecule has 0 radical (unpaired) electrons. The lowest BCUT2D eigenvalue weighted by Crippen LogP contribution is -2.43. The van der Waals surface area contributed by atoms with E-state index in [1.165, 1.54) is 25.3 Å². The van der Waals surface area contributed by atoms with Crippen molar-refractivity contribution in [2.24, 2.45) is 0 Å². The molecule has 0 aliphatic rings. The number of carbonyl (C=O) groups is 2. The summed E-state index contributed by atoms with van der Waals surface area (Å²) < 4.78 is 4.70. The molecular formula is C11H13ClN2O4. The van der Waals surface area contributed by atoms with Crippen LogP contribution in [-0.4, -0.2) is 36.7 Å². The maximum atomic E-state index is 11.8. The number of methoxy groups -OCH3 is 1. The second-order valence-electron chi connectivity index (χ2n) is 3.56. The molecule has 0 bridgehead atoms. The van der Waals surface area contributed by atoms with Crippen molar-refractivity contribution < 1.29 is 19.4 Å². The summed E-state index contributed by atoms with van der Waals surface area (Å²) in [5.41, 5.74) is 6.04. The van der Waals surface area contributed by atoms with Gasteiger partial charge in [0.05, 0.1) is 17.3 Å². The Morgan fingerprint density at radius 2 is 2.22 bits per heavy atom. The fourth-order valence-corrected chi connectivity index (χ4v) is 1.39. The van der Waals surface area contributed by atoms with Crippen molar-refractivity contribution in [1.29, 1.82) is 0 Å². The van der Waals surface area contributed by atoms with Gasteiger partial charge in [0.2, 0.25) is 0 Å². The highest BCUT2D eigenvalue weighted by molar-refractivity contribution is 6.33. The van der Waals surface area contributed by atoms with Crippen LogP contribution in [0.3, 0.4) is 0 Å². The van der Waals surface area contributed by atoms with Gasteiger partial charge in [-0.2, -0.15) is 0 Å². The quantitative estimate of drug-likeness (QED) is 0.687. The zero-order valence-electron chi connectivity index (χ0n) is 9.64. The van der Waals surface area contributed by atoms with E-state index < -0.39 is 17.9 Å². The first-order valence-electron chi connectivity index (χ1n) is 5.03. The van der Waals surface area contributed by atoms with Gasteiger partial charge in [-0.3, -0.25) is 4.79 Å². The largest absolute Gasteiger partial charge is 0.480 e. The molecule has 0 aliphatic heterocycles. The number of carboxylic acids is 1. The topological polar surface area (TPSA) is 102 Å². The van der Waals surface area contributed by atoms with Crippen molar-refractivity contribution in [2.45, 2.75) is 6.04 Å². The molecule has 1 unspecified atom stereocenters. The van der Waals surface area contributed by atoms with Crippen molar-refractivity contribution in [3.8, 4) is 0 Å². The minimum atomic E-state index is -1.17. The van der Waals surface area contributed by atoms with E-state index in [0.29, 0.717) is 5.02 Å². The normalized spacial score (nSPS) is 11.9. The number of carboxylic acid groups (broad SMARTS) is 1. The number of ether oxygens (including phenoxy) is 1. The third-order valence-electron chi connectivity index (χ3n) is 2.19. The number of carbonyl (C=O) groups excluding carboxylic acids is 1. The molecule has 1 rings (SSSR count). The van der Waals surface area contributed by atoms with Crippen molar-refractivity contribution in [3.05, 3.63) is 28.8 Å². The van der Waals surface area contributed by atoms with Gasteiger partial charge in [0.1, 0.15) is 0 Å². The number of hydrogen-bond donors (Lipinski definition) is 3. The molecule has 1 aromatic rings. The first-order chi connectivity index (χ1) is 8.45. The Hall–Kier alpha value is -1.79. The molecule has 0 saturated heterocycles. The molecular weight excluding hydrogens is 260 g/mol. The van der Waals surface area contributed by atoms with Gasteiger partial charge in [-0.1, -0.05) is 11.6 Å². The van der Waals surface area contributed by atoms with Crippen LogP contribution < -0.4 is 11.1 Å². The van der Waals surface area contributed by atoms with Gasteiger partial charge in [0.25, 0.3) is 5.91 Å².